The van der Waals surface area contributed by atoms with Gasteiger partial charge in [0.1, 0.15) is 0 Å². The van der Waals surface area contributed by atoms with E-state index in [1.165, 1.54) is 0 Å². The molecular weight excluding hydrogens is 100 g/mol. The lowest BCUT2D eigenvalue weighted by Crippen LogP contribution is -1.84. The van der Waals surface area contributed by atoms with E-state index in [1.807, 2.05) is 0 Å². The van der Waals surface area contributed by atoms with E-state index in [2.05, 4.69) is 6.58 Å². The van der Waals surface area contributed by atoms with E-state index in [1.54, 1.807) is 0 Å². The van der Waals surface area contributed by atoms with Crippen LogP contribution >= 0.6 is 0 Å². The van der Waals surface area contributed by atoms with Gasteiger partial charge in [-0.25, -0.2) is 8.42 Å². The summed E-state index contributed by atoms with van der Waals surface area (Å²) in [6.45, 7) is 4.59. The lowest BCUT2D eigenvalue weighted by molar-refractivity contribution is 0.610. The van der Waals surface area contributed by atoms with Crippen molar-refractivity contribution in [1.29, 1.82) is 0 Å². The molecule has 3 heteroatoms. The summed E-state index contributed by atoms with van der Waals surface area (Å²) in [5.74, 6) is 0. The smallest absolute Gasteiger partial charge is 0.168 e. The van der Waals surface area contributed by atoms with Crippen molar-refractivity contribution in [1.82, 2.24) is 0 Å². The normalized spacial score (nSPS) is 10.8. The second-order valence-corrected chi connectivity index (χ2v) is 2.90. The van der Waals surface area contributed by atoms with E-state index in [0.717, 1.165) is 6.26 Å². The van der Waals surface area contributed by atoms with E-state index in [0.29, 0.717) is 5.41 Å². The van der Waals surface area contributed by atoms with Crippen LogP contribution in [0, 0.1) is 6.58 Å². The van der Waals surface area contributed by atoms with Gasteiger partial charge in [0.25, 0.3) is 0 Å². The lowest BCUT2D eigenvalue weighted by Gasteiger charge is -1.73. The highest BCUT2D eigenvalue weighted by Gasteiger charge is 1.85. The Hall–Kier alpha value is -0.310. The summed E-state index contributed by atoms with van der Waals surface area (Å²) in [4.78, 5) is 0. The third-order valence-electron chi connectivity index (χ3n) is 0.247. The summed E-state index contributed by atoms with van der Waals surface area (Å²) >= 11 is 0. The lowest BCUT2D eigenvalue weighted by atomic mass is 11.3. The average molecular weight is 105 g/mol. The highest BCUT2D eigenvalue weighted by molar-refractivity contribution is 7.93. The predicted octanol–water partition coefficient (Wildman–Crippen LogP) is -0.0223. The van der Waals surface area contributed by atoms with Crippen LogP contribution in [0.2, 0.25) is 0 Å². The molecule has 0 aliphatic heterocycles. The Bertz CT molecular complexity index is 119. The summed E-state index contributed by atoms with van der Waals surface area (Å²) in [5.41, 5.74) is 0. The molecule has 6 heavy (non-hydrogen) atoms. The van der Waals surface area contributed by atoms with Crippen molar-refractivity contribution < 1.29 is 8.42 Å². The fourth-order valence-electron chi connectivity index (χ4n) is 0. The van der Waals surface area contributed by atoms with Gasteiger partial charge >= 0.3 is 0 Å². The molecule has 0 aromatic carbocycles. The fourth-order valence-corrected chi connectivity index (χ4v) is 0. The molecule has 1 radical (unpaired) electrons. The molecule has 0 fully saturated rings. The number of sulfone groups is 1. The Labute approximate surface area is 37.4 Å². The van der Waals surface area contributed by atoms with Crippen LogP contribution in [0.15, 0.2) is 5.41 Å². The minimum absolute atomic E-state index is 0.660. The van der Waals surface area contributed by atoms with Crippen molar-refractivity contribution in [2.75, 3.05) is 6.26 Å². The Morgan fingerprint density at radius 3 is 1.83 bits per heavy atom. The molecule has 0 aromatic rings. The summed E-state index contributed by atoms with van der Waals surface area (Å²) in [6.07, 6.45) is 1.03. The van der Waals surface area contributed by atoms with Crippen LogP contribution < -0.4 is 0 Å². The molecule has 0 atom stereocenters. The van der Waals surface area contributed by atoms with Gasteiger partial charge < -0.3 is 0 Å². The molecule has 0 N–H and O–H groups in total. The highest BCUT2D eigenvalue weighted by Crippen LogP contribution is 1.76. The second-order valence-electron chi connectivity index (χ2n) is 0.966. The van der Waals surface area contributed by atoms with Gasteiger partial charge in [-0.3, -0.25) is 0 Å². The van der Waals surface area contributed by atoms with E-state index < -0.39 is 9.84 Å². The molecule has 0 amide bonds. The standard InChI is InChI=1S/C3H5O2S/c1-3-6(2,4)5/h1,3H,2H3. The Balaban J connectivity index is 4.25. The van der Waals surface area contributed by atoms with E-state index in [4.69, 9.17) is 0 Å². The molecule has 0 saturated heterocycles. The zero-order valence-corrected chi connectivity index (χ0v) is 4.20. The van der Waals surface area contributed by atoms with Crippen molar-refractivity contribution in [3.63, 3.8) is 0 Å². The van der Waals surface area contributed by atoms with Crippen LogP contribution in [0.4, 0.5) is 0 Å². The maximum atomic E-state index is 9.82. The maximum Gasteiger partial charge on any atom is 0.168 e. The van der Waals surface area contributed by atoms with Gasteiger partial charge in [-0.05, 0) is 0 Å². The number of hydrogen-bond donors (Lipinski definition) is 0. The monoisotopic (exact) mass is 105 g/mol. The Morgan fingerprint density at radius 2 is 1.83 bits per heavy atom. The molecule has 0 unspecified atom stereocenters. The largest absolute Gasteiger partial charge is 0.225 e. The molecule has 0 aliphatic carbocycles. The minimum Gasteiger partial charge on any atom is -0.225 e. The van der Waals surface area contributed by atoms with Crippen LogP contribution in [0.3, 0.4) is 0 Å². The SMILES string of the molecule is [CH]=CS(C)(=O)=O. The van der Waals surface area contributed by atoms with Crippen LogP contribution in [-0.4, -0.2) is 14.7 Å². The van der Waals surface area contributed by atoms with Gasteiger partial charge in [0.05, 0.1) is 0 Å². The molecule has 2 nitrogen and oxygen atoms in total. The molecule has 0 bridgehead atoms. The number of hydrogen-bond acceptors (Lipinski definition) is 2. The summed E-state index contributed by atoms with van der Waals surface area (Å²) in [7, 11) is -3.01. The van der Waals surface area contributed by atoms with Crippen molar-refractivity contribution in [2.45, 2.75) is 0 Å². The van der Waals surface area contributed by atoms with Crippen LogP contribution in [0.5, 0.6) is 0 Å². The first-order chi connectivity index (χ1) is 2.56. The van der Waals surface area contributed by atoms with Crippen molar-refractivity contribution in [2.24, 2.45) is 0 Å². The summed E-state index contributed by atoms with van der Waals surface area (Å²) in [6, 6.07) is 0. The molecular formula is C3H5O2S. The molecule has 0 rings (SSSR count). The Kier molecular flexibility index (Phi) is 1.35. The first kappa shape index (κ1) is 5.69. The zero-order valence-electron chi connectivity index (χ0n) is 3.38. The topological polar surface area (TPSA) is 34.1 Å². The van der Waals surface area contributed by atoms with E-state index in [9.17, 15) is 8.42 Å². The van der Waals surface area contributed by atoms with Crippen LogP contribution in [-0.2, 0) is 9.84 Å². The zero-order chi connectivity index (χ0) is 5.21. The molecule has 0 aromatic heterocycles. The van der Waals surface area contributed by atoms with Crippen molar-refractivity contribution in [3.8, 4) is 0 Å². The van der Waals surface area contributed by atoms with Gasteiger partial charge in [-0.1, -0.05) is 6.58 Å². The fraction of sp³-hybridized carbons (Fsp3) is 0.333. The summed E-state index contributed by atoms with van der Waals surface area (Å²) < 4.78 is 19.6. The van der Waals surface area contributed by atoms with Gasteiger partial charge in [-0.15, -0.1) is 0 Å². The number of rotatable bonds is 1. The van der Waals surface area contributed by atoms with Gasteiger partial charge in [-0.2, -0.15) is 0 Å². The quantitative estimate of drug-likeness (QED) is 0.469. The van der Waals surface area contributed by atoms with Crippen LogP contribution in [0.1, 0.15) is 0 Å². The van der Waals surface area contributed by atoms with E-state index in [-0.39, 0.29) is 0 Å². The second kappa shape index (κ2) is 1.43. The van der Waals surface area contributed by atoms with Gasteiger partial charge in [0, 0.05) is 11.7 Å². The highest BCUT2D eigenvalue weighted by atomic mass is 32.2. The minimum atomic E-state index is -3.01. The molecule has 0 saturated carbocycles. The first-order valence-corrected chi connectivity index (χ1v) is 3.27. The predicted molar refractivity (Wildman–Crippen MR) is 23.7 cm³/mol. The van der Waals surface area contributed by atoms with Gasteiger partial charge in [0.2, 0.25) is 0 Å². The third-order valence-corrected chi connectivity index (χ3v) is 0.742. The molecule has 0 heterocycles. The Morgan fingerprint density at radius 1 is 1.67 bits per heavy atom. The third kappa shape index (κ3) is 3.69. The van der Waals surface area contributed by atoms with Crippen LogP contribution in [0.25, 0.3) is 0 Å². The summed E-state index contributed by atoms with van der Waals surface area (Å²) in [5, 5.41) is 0.660. The van der Waals surface area contributed by atoms with Crippen molar-refractivity contribution >= 4 is 9.84 Å². The molecule has 0 spiro atoms. The maximum absolute atomic E-state index is 9.82. The first-order valence-electron chi connectivity index (χ1n) is 1.31. The van der Waals surface area contributed by atoms with Gasteiger partial charge in [0.15, 0.2) is 9.84 Å². The van der Waals surface area contributed by atoms with E-state index >= 15 is 0 Å². The molecule has 35 valence electrons. The van der Waals surface area contributed by atoms with Crippen molar-refractivity contribution in [3.05, 3.63) is 12.0 Å². The molecule has 0 aliphatic rings. The average Bonchev–Trinajstić information content (AvgIpc) is 1.35.